The van der Waals surface area contributed by atoms with E-state index in [9.17, 15) is 10.2 Å². The molecule has 2 aromatic heterocycles. The Hall–Kier alpha value is -1.81. The molecule has 0 bridgehead atoms. The number of imidazole rings is 1. The van der Waals surface area contributed by atoms with Gasteiger partial charge in [0, 0.05) is 0 Å². The summed E-state index contributed by atoms with van der Waals surface area (Å²) in [6.07, 6.45) is -1.09. The van der Waals surface area contributed by atoms with E-state index in [0.717, 1.165) is 0 Å². The molecule has 0 radical (unpaired) electrons. The molecule has 1 unspecified atom stereocenters. The van der Waals surface area contributed by atoms with Gasteiger partial charge in [0.15, 0.2) is 11.7 Å². The van der Waals surface area contributed by atoms with Gasteiger partial charge in [-0.05, 0) is 0 Å². The summed E-state index contributed by atoms with van der Waals surface area (Å²) in [6, 6.07) is 0. The fraction of sp³-hybridized carbons (Fsp3) is 0.545. The van der Waals surface area contributed by atoms with Gasteiger partial charge in [-0.2, -0.15) is 0 Å². The maximum atomic E-state index is 10.0. The summed E-state index contributed by atoms with van der Waals surface area (Å²) in [5, 5.41) is 28.9. The Morgan fingerprint density at radius 2 is 2.15 bits per heavy atom. The number of hydrogen-bond donors (Lipinski definition) is 4. The summed E-state index contributed by atoms with van der Waals surface area (Å²) < 4.78 is 8.56. The third kappa shape index (κ3) is 1.75. The van der Waals surface area contributed by atoms with Crippen molar-refractivity contribution in [2.75, 3.05) is 12.3 Å². The summed E-state index contributed by atoms with van der Waals surface area (Å²) in [5.41, 5.74) is 6.82. The van der Waals surface area contributed by atoms with Crippen molar-refractivity contribution >= 4 is 17.0 Å². The van der Waals surface area contributed by atoms with Crippen LogP contribution in [0.5, 0.6) is 0 Å². The first-order valence-corrected chi connectivity index (χ1v) is 6.13. The molecule has 0 saturated carbocycles. The van der Waals surface area contributed by atoms with Crippen LogP contribution in [0.25, 0.3) is 11.2 Å². The zero-order valence-corrected chi connectivity index (χ0v) is 10.8. The number of anilines is 1. The minimum atomic E-state index is -1.18. The number of aromatic nitrogens is 4. The summed E-state index contributed by atoms with van der Waals surface area (Å²) >= 11 is 0. The first kappa shape index (κ1) is 13.2. The number of aliphatic hydroxyl groups excluding tert-OH is 3. The van der Waals surface area contributed by atoms with E-state index in [1.807, 2.05) is 0 Å². The van der Waals surface area contributed by atoms with E-state index < -0.39 is 24.5 Å². The Kier molecular flexibility index (Phi) is 3.05. The number of aliphatic hydroxyl groups is 3. The van der Waals surface area contributed by atoms with Crippen molar-refractivity contribution in [2.24, 2.45) is 7.05 Å². The van der Waals surface area contributed by atoms with Gasteiger partial charge in [-0.15, -0.1) is 0 Å². The Bertz CT molecular complexity index is 645. The lowest BCUT2D eigenvalue weighted by atomic mass is 10.1. The van der Waals surface area contributed by atoms with Crippen LogP contribution in [0.3, 0.4) is 0 Å². The number of ether oxygens (including phenoxy) is 1. The van der Waals surface area contributed by atoms with Gasteiger partial charge in [-0.25, -0.2) is 9.55 Å². The lowest BCUT2D eigenvalue weighted by molar-refractivity contribution is -0.658. The maximum Gasteiger partial charge on any atom is 0.250 e. The van der Waals surface area contributed by atoms with Crippen LogP contribution in [-0.4, -0.2) is 54.8 Å². The van der Waals surface area contributed by atoms with Crippen LogP contribution < -0.4 is 10.3 Å². The molecule has 0 amide bonds. The Morgan fingerprint density at radius 1 is 1.40 bits per heavy atom. The second-order valence-corrected chi connectivity index (χ2v) is 4.79. The smallest absolute Gasteiger partial charge is 0.250 e. The lowest BCUT2D eigenvalue weighted by Crippen LogP contribution is -2.34. The molecule has 0 aromatic carbocycles. The molecular weight excluding hydrogens is 266 g/mol. The molecule has 20 heavy (non-hydrogen) atoms. The SMILES string of the molecule is C[n+]1cnc2c(ncn2[C@@H]2O[C@H](CO)C(O)[C@@H]2O)c1N. The summed E-state index contributed by atoms with van der Waals surface area (Å²) in [5.74, 6) is 0.431. The number of nitrogens with two attached hydrogens (primary N) is 1. The summed E-state index contributed by atoms with van der Waals surface area (Å²) in [7, 11) is 1.74. The monoisotopic (exact) mass is 282 g/mol. The molecule has 1 aliphatic rings. The van der Waals surface area contributed by atoms with Gasteiger partial charge in [0.05, 0.1) is 13.7 Å². The van der Waals surface area contributed by atoms with Crippen LogP contribution in [0, 0.1) is 0 Å². The van der Waals surface area contributed by atoms with Crippen molar-refractivity contribution in [3.8, 4) is 0 Å². The number of nitrogens with zero attached hydrogens (tertiary/aromatic N) is 4. The summed E-state index contributed by atoms with van der Waals surface area (Å²) in [4.78, 5) is 8.36. The average molecular weight is 282 g/mol. The second kappa shape index (κ2) is 4.63. The predicted octanol–water partition coefficient (Wildman–Crippen LogP) is -2.55. The standard InChI is InChI=1S/C11H15N5O4/c1-15-3-14-10-6(9(15)12)13-4-16(10)11-8(19)7(18)5(2-17)20-11/h3-5,7-8,11-12,17-19H,2H2,1H3/p+1/t5-,7?,8+,11-/m1/s1. The highest BCUT2D eigenvalue weighted by Crippen LogP contribution is 2.31. The fourth-order valence-corrected chi connectivity index (χ4v) is 2.33. The van der Waals surface area contributed by atoms with Crippen molar-refractivity contribution < 1.29 is 24.6 Å². The predicted molar refractivity (Wildman–Crippen MR) is 66.1 cm³/mol. The number of nitrogen functional groups attached to an aromatic ring is 1. The van der Waals surface area contributed by atoms with Crippen molar-refractivity contribution in [3.05, 3.63) is 12.7 Å². The zero-order chi connectivity index (χ0) is 14.4. The molecule has 2 aromatic rings. The van der Waals surface area contributed by atoms with Gasteiger partial charge in [-0.3, -0.25) is 4.57 Å². The van der Waals surface area contributed by atoms with Crippen molar-refractivity contribution in [3.63, 3.8) is 0 Å². The van der Waals surface area contributed by atoms with Crippen molar-refractivity contribution in [2.45, 2.75) is 24.5 Å². The highest BCUT2D eigenvalue weighted by Gasteiger charge is 2.44. The minimum Gasteiger partial charge on any atom is -0.394 e. The van der Waals surface area contributed by atoms with E-state index in [-0.39, 0.29) is 6.61 Å². The topological polar surface area (TPSA) is 131 Å². The van der Waals surface area contributed by atoms with E-state index in [0.29, 0.717) is 17.0 Å². The first-order chi connectivity index (χ1) is 9.54. The average Bonchev–Trinajstić information content (AvgIpc) is 2.98. The molecule has 1 aliphatic heterocycles. The molecule has 108 valence electrons. The van der Waals surface area contributed by atoms with Crippen LogP contribution in [0.4, 0.5) is 5.82 Å². The Labute approximate surface area is 113 Å². The fourth-order valence-electron chi connectivity index (χ4n) is 2.33. The molecule has 5 N–H and O–H groups in total. The minimum absolute atomic E-state index is 0.383. The molecule has 4 atom stereocenters. The van der Waals surface area contributed by atoms with E-state index in [4.69, 9.17) is 15.6 Å². The third-order valence-corrected chi connectivity index (χ3v) is 3.53. The van der Waals surface area contributed by atoms with E-state index in [1.54, 1.807) is 11.6 Å². The molecular formula is C11H16N5O4+. The van der Waals surface area contributed by atoms with Crippen LogP contribution in [0.15, 0.2) is 12.7 Å². The number of aryl methyl sites for hydroxylation is 1. The van der Waals surface area contributed by atoms with Crippen LogP contribution in [0.2, 0.25) is 0 Å². The normalized spacial score (nSPS) is 30.2. The Balaban J connectivity index is 2.05. The molecule has 1 saturated heterocycles. The second-order valence-electron chi connectivity index (χ2n) is 4.79. The lowest BCUT2D eigenvalue weighted by Gasteiger charge is -2.15. The van der Waals surface area contributed by atoms with E-state index in [2.05, 4.69) is 9.97 Å². The van der Waals surface area contributed by atoms with Gasteiger partial charge in [0.1, 0.15) is 24.6 Å². The van der Waals surface area contributed by atoms with Crippen molar-refractivity contribution in [1.82, 2.24) is 14.5 Å². The highest BCUT2D eigenvalue weighted by atomic mass is 16.6. The molecule has 0 spiro atoms. The molecule has 1 fully saturated rings. The highest BCUT2D eigenvalue weighted by molar-refractivity contribution is 5.79. The van der Waals surface area contributed by atoms with Crippen molar-refractivity contribution in [1.29, 1.82) is 0 Å². The molecule has 3 rings (SSSR count). The van der Waals surface area contributed by atoms with Crippen LogP contribution in [-0.2, 0) is 11.8 Å². The van der Waals surface area contributed by atoms with Gasteiger partial charge in [-0.1, -0.05) is 4.98 Å². The quantitative estimate of drug-likeness (QED) is 0.446. The summed E-state index contributed by atoms with van der Waals surface area (Å²) in [6.45, 7) is -0.383. The zero-order valence-electron chi connectivity index (χ0n) is 10.8. The van der Waals surface area contributed by atoms with Gasteiger partial charge in [0.25, 0.3) is 5.82 Å². The van der Waals surface area contributed by atoms with Gasteiger partial charge >= 0.3 is 0 Å². The van der Waals surface area contributed by atoms with Gasteiger partial charge in [0.2, 0.25) is 12.0 Å². The molecule has 9 heteroatoms. The van der Waals surface area contributed by atoms with Crippen LogP contribution in [0.1, 0.15) is 6.23 Å². The molecule has 3 heterocycles. The van der Waals surface area contributed by atoms with E-state index in [1.165, 1.54) is 17.2 Å². The first-order valence-electron chi connectivity index (χ1n) is 6.13. The van der Waals surface area contributed by atoms with E-state index >= 15 is 0 Å². The number of hydrogen-bond acceptors (Lipinski definition) is 7. The maximum absolute atomic E-state index is 10.0. The van der Waals surface area contributed by atoms with Crippen LogP contribution >= 0.6 is 0 Å². The Morgan fingerprint density at radius 3 is 2.80 bits per heavy atom. The number of rotatable bonds is 2. The third-order valence-electron chi connectivity index (χ3n) is 3.53. The molecule has 0 aliphatic carbocycles. The molecule has 9 nitrogen and oxygen atoms in total. The largest absolute Gasteiger partial charge is 0.394 e. The number of fused-ring (bicyclic) bond motifs is 1. The van der Waals surface area contributed by atoms with Gasteiger partial charge < -0.3 is 25.8 Å².